The van der Waals surface area contributed by atoms with Crippen LogP contribution < -0.4 is 9.46 Å². The first-order valence-corrected chi connectivity index (χ1v) is 16.3. The molecule has 4 rings (SSSR count). The van der Waals surface area contributed by atoms with Crippen molar-refractivity contribution in [2.24, 2.45) is 5.92 Å². The van der Waals surface area contributed by atoms with E-state index in [1.165, 1.54) is 48.3 Å². The summed E-state index contributed by atoms with van der Waals surface area (Å²) in [5, 5.41) is 13.6. The summed E-state index contributed by atoms with van der Waals surface area (Å²) in [5.74, 6) is -0.511. The van der Waals surface area contributed by atoms with Gasteiger partial charge in [-0.05, 0) is 58.0 Å². The number of likely N-dealkylation sites (N-methyl/N-ethyl adjacent to an activating group) is 1. The number of rotatable bonds is 9. The van der Waals surface area contributed by atoms with Crippen LogP contribution in [0.25, 0.3) is 0 Å². The molecule has 1 amide bonds. The maximum atomic E-state index is 13.7. The number of aromatic nitrogens is 1. The standard InChI is InChI=1S/C28H36N4O8S2/c1-17-7-10-23(11-8-17)42(37,38)31(6)15-26-18(2)14-32(19(3)16-33)28(34)24-13-22(9-12-25(24)39-26)30-41(35,36)27-20(4)29-40-21(27)5/h7-13,18-19,26,30,33H,14-16H2,1-6H3/t18-,19-,26-/m0/s1. The van der Waals surface area contributed by atoms with E-state index in [4.69, 9.17) is 9.26 Å². The van der Waals surface area contributed by atoms with Crippen LogP contribution in [0.3, 0.4) is 0 Å². The molecule has 3 atom stereocenters. The molecule has 2 aromatic carbocycles. The van der Waals surface area contributed by atoms with E-state index in [0.29, 0.717) is 0 Å². The Kier molecular flexibility index (Phi) is 9.02. The topological polar surface area (TPSA) is 159 Å². The molecule has 42 heavy (non-hydrogen) atoms. The number of aliphatic hydroxyl groups excluding tert-OH is 1. The number of benzene rings is 2. The number of fused-ring (bicyclic) bond motifs is 1. The third-order valence-corrected chi connectivity index (χ3v) is 10.8. The molecule has 0 saturated heterocycles. The van der Waals surface area contributed by atoms with Gasteiger partial charge in [-0.2, -0.15) is 4.31 Å². The van der Waals surface area contributed by atoms with Crippen molar-refractivity contribution < 1.29 is 36.0 Å². The molecule has 0 radical (unpaired) electrons. The molecule has 1 aliphatic rings. The first-order valence-electron chi connectivity index (χ1n) is 13.4. The van der Waals surface area contributed by atoms with Crippen molar-refractivity contribution in [3.63, 3.8) is 0 Å². The van der Waals surface area contributed by atoms with Crippen molar-refractivity contribution in [2.45, 2.75) is 56.6 Å². The van der Waals surface area contributed by atoms with Crippen LogP contribution in [-0.4, -0.2) is 81.1 Å². The summed E-state index contributed by atoms with van der Waals surface area (Å²) in [7, 11) is -6.46. The van der Waals surface area contributed by atoms with Gasteiger partial charge in [0.1, 0.15) is 17.5 Å². The van der Waals surface area contributed by atoms with E-state index in [1.807, 2.05) is 13.8 Å². The number of aliphatic hydroxyl groups is 1. The number of aryl methyl sites for hydroxylation is 3. The van der Waals surface area contributed by atoms with Gasteiger partial charge in [-0.25, -0.2) is 16.8 Å². The molecule has 0 saturated carbocycles. The maximum Gasteiger partial charge on any atom is 0.267 e. The Labute approximate surface area is 246 Å². The van der Waals surface area contributed by atoms with E-state index in [2.05, 4.69) is 9.88 Å². The lowest BCUT2D eigenvalue weighted by atomic mass is 9.99. The fourth-order valence-corrected chi connectivity index (χ4v) is 7.37. The Balaban J connectivity index is 1.69. The number of sulfonamides is 2. The van der Waals surface area contributed by atoms with E-state index in [1.54, 1.807) is 31.2 Å². The Hall–Kier alpha value is -3.46. The first kappa shape index (κ1) is 31.5. The number of nitrogens with one attached hydrogen (secondary N) is 1. The predicted molar refractivity (Wildman–Crippen MR) is 155 cm³/mol. The molecular weight excluding hydrogens is 584 g/mol. The Morgan fingerprint density at radius 3 is 2.38 bits per heavy atom. The highest BCUT2D eigenvalue weighted by atomic mass is 32.2. The quantitative estimate of drug-likeness (QED) is 0.367. The minimum atomic E-state index is -4.09. The second kappa shape index (κ2) is 12.0. The smallest absolute Gasteiger partial charge is 0.267 e. The first-order chi connectivity index (χ1) is 19.6. The average molecular weight is 621 g/mol. The van der Waals surface area contributed by atoms with Gasteiger partial charge in [-0.15, -0.1) is 0 Å². The van der Waals surface area contributed by atoms with Gasteiger partial charge < -0.3 is 19.3 Å². The van der Waals surface area contributed by atoms with Crippen molar-refractivity contribution in [1.29, 1.82) is 0 Å². The molecule has 228 valence electrons. The minimum Gasteiger partial charge on any atom is -0.488 e. The summed E-state index contributed by atoms with van der Waals surface area (Å²) in [6, 6.07) is 10.3. The van der Waals surface area contributed by atoms with Crippen molar-refractivity contribution >= 4 is 31.6 Å². The summed E-state index contributed by atoms with van der Waals surface area (Å²) in [6.07, 6.45) is -0.680. The molecule has 12 nitrogen and oxygen atoms in total. The second-order valence-corrected chi connectivity index (χ2v) is 14.4. The summed E-state index contributed by atoms with van der Waals surface area (Å²) in [5.41, 5.74) is 1.29. The summed E-state index contributed by atoms with van der Waals surface area (Å²) in [6.45, 7) is 8.24. The summed E-state index contributed by atoms with van der Waals surface area (Å²) >= 11 is 0. The number of anilines is 1. The zero-order chi connectivity index (χ0) is 31.0. The molecule has 3 aromatic rings. The van der Waals surface area contributed by atoms with Crippen LogP contribution in [0.1, 0.15) is 41.2 Å². The van der Waals surface area contributed by atoms with Crippen LogP contribution >= 0.6 is 0 Å². The van der Waals surface area contributed by atoms with Gasteiger partial charge in [0.25, 0.3) is 15.9 Å². The van der Waals surface area contributed by atoms with Crippen LogP contribution in [0.4, 0.5) is 5.69 Å². The maximum absolute atomic E-state index is 13.7. The normalized spacial score (nSPS) is 18.7. The Bertz CT molecular complexity index is 1650. The van der Waals surface area contributed by atoms with Gasteiger partial charge in [0.2, 0.25) is 10.0 Å². The fraction of sp³-hybridized carbons (Fsp3) is 0.429. The number of hydrogen-bond donors (Lipinski definition) is 2. The van der Waals surface area contributed by atoms with E-state index in [-0.39, 0.29) is 63.9 Å². The number of hydrogen-bond acceptors (Lipinski definition) is 9. The number of carbonyl (C=O) groups is 1. The van der Waals surface area contributed by atoms with Crippen molar-refractivity contribution in [3.8, 4) is 5.75 Å². The van der Waals surface area contributed by atoms with Gasteiger partial charge in [0, 0.05) is 25.2 Å². The lowest BCUT2D eigenvalue weighted by Crippen LogP contribution is -2.50. The Morgan fingerprint density at radius 2 is 1.79 bits per heavy atom. The van der Waals surface area contributed by atoms with Crippen molar-refractivity contribution in [2.75, 3.05) is 31.5 Å². The lowest BCUT2D eigenvalue weighted by molar-refractivity contribution is 0.0387. The second-order valence-electron chi connectivity index (χ2n) is 10.7. The zero-order valence-electron chi connectivity index (χ0n) is 24.4. The molecule has 14 heteroatoms. The third-order valence-electron chi connectivity index (χ3n) is 7.32. The SMILES string of the molecule is Cc1ccc(S(=O)(=O)N(C)C[C@@H]2Oc3ccc(NS(=O)(=O)c4c(C)noc4C)cc3C(=O)N([C@@H](C)CO)C[C@@H]2C)cc1. The molecule has 0 aliphatic carbocycles. The van der Waals surface area contributed by atoms with Gasteiger partial charge in [-0.3, -0.25) is 9.52 Å². The van der Waals surface area contributed by atoms with Crippen molar-refractivity contribution in [3.05, 3.63) is 65.0 Å². The molecule has 1 aromatic heterocycles. The molecule has 1 aliphatic heterocycles. The Morgan fingerprint density at radius 1 is 1.12 bits per heavy atom. The van der Waals surface area contributed by atoms with Crippen LogP contribution in [0, 0.1) is 26.7 Å². The lowest BCUT2D eigenvalue weighted by Gasteiger charge is -2.38. The molecule has 2 N–H and O–H groups in total. The molecular formula is C28H36N4O8S2. The summed E-state index contributed by atoms with van der Waals surface area (Å²) in [4.78, 5) is 15.3. The summed E-state index contributed by atoms with van der Waals surface area (Å²) < 4.78 is 67.8. The molecule has 0 unspecified atom stereocenters. The number of amides is 1. The van der Waals surface area contributed by atoms with E-state index in [9.17, 15) is 26.7 Å². The van der Waals surface area contributed by atoms with E-state index < -0.39 is 38.1 Å². The number of ether oxygens (including phenoxy) is 1. The van der Waals surface area contributed by atoms with E-state index >= 15 is 0 Å². The monoisotopic (exact) mass is 620 g/mol. The van der Waals surface area contributed by atoms with Gasteiger partial charge in [0.15, 0.2) is 10.7 Å². The molecule has 2 heterocycles. The van der Waals surface area contributed by atoms with Gasteiger partial charge in [0.05, 0.1) is 29.7 Å². The van der Waals surface area contributed by atoms with Gasteiger partial charge in [-0.1, -0.05) is 29.8 Å². The number of carbonyl (C=O) groups excluding carboxylic acids is 1. The van der Waals surface area contributed by atoms with Gasteiger partial charge >= 0.3 is 0 Å². The van der Waals surface area contributed by atoms with E-state index in [0.717, 1.165) is 5.56 Å². The highest BCUT2D eigenvalue weighted by Crippen LogP contribution is 2.32. The van der Waals surface area contributed by atoms with Crippen LogP contribution in [-0.2, 0) is 20.0 Å². The van der Waals surface area contributed by atoms with Crippen LogP contribution in [0.5, 0.6) is 5.75 Å². The zero-order valence-corrected chi connectivity index (χ0v) is 26.0. The molecule has 0 bridgehead atoms. The highest BCUT2D eigenvalue weighted by Gasteiger charge is 2.35. The minimum absolute atomic E-state index is 0.0211. The predicted octanol–water partition coefficient (Wildman–Crippen LogP) is 2.94. The van der Waals surface area contributed by atoms with Crippen molar-refractivity contribution in [1.82, 2.24) is 14.4 Å². The highest BCUT2D eigenvalue weighted by molar-refractivity contribution is 7.92. The fourth-order valence-electron chi connectivity index (χ4n) is 4.81. The average Bonchev–Trinajstić information content (AvgIpc) is 3.28. The number of nitrogens with zero attached hydrogens (tertiary/aromatic N) is 3. The largest absolute Gasteiger partial charge is 0.488 e. The van der Waals surface area contributed by atoms with Crippen LogP contribution in [0.15, 0.2) is 56.8 Å². The molecule has 0 fully saturated rings. The molecule has 0 spiro atoms. The van der Waals surface area contributed by atoms with Crippen LogP contribution in [0.2, 0.25) is 0 Å². The third kappa shape index (κ3) is 6.31.